The first-order chi connectivity index (χ1) is 20.2. The van der Waals surface area contributed by atoms with Crippen LogP contribution < -0.4 is 16.2 Å². The number of aliphatic hydroxyl groups is 1. The maximum Gasteiger partial charge on any atom is 0.253 e. The first-order valence-electron chi connectivity index (χ1n) is 15.2. The molecule has 224 valence electrons. The number of aromatic amines is 1. The van der Waals surface area contributed by atoms with Crippen molar-refractivity contribution in [3.63, 3.8) is 0 Å². The van der Waals surface area contributed by atoms with Gasteiger partial charge < -0.3 is 25.5 Å². The van der Waals surface area contributed by atoms with Gasteiger partial charge >= 0.3 is 0 Å². The number of carbonyl (C=O) groups excluding carboxylic acids is 1. The van der Waals surface area contributed by atoms with Crippen LogP contribution in [0.5, 0.6) is 0 Å². The van der Waals surface area contributed by atoms with Gasteiger partial charge in [-0.2, -0.15) is 0 Å². The van der Waals surface area contributed by atoms with E-state index in [4.69, 9.17) is 4.74 Å². The largest absolute Gasteiger partial charge is 0.392 e. The van der Waals surface area contributed by atoms with E-state index in [-0.39, 0.29) is 36.3 Å². The molecule has 4 N–H and O–H groups in total. The van der Waals surface area contributed by atoms with Gasteiger partial charge in [-0.15, -0.1) is 0 Å². The van der Waals surface area contributed by atoms with Crippen LogP contribution in [0.2, 0.25) is 0 Å². The van der Waals surface area contributed by atoms with Crippen molar-refractivity contribution in [1.29, 1.82) is 0 Å². The predicted octanol–water partition coefficient (Wildman–Crippen LogP) is 4.83. The Morgan fingerprint density at radius 2 is 1.88 bits per heavy atom. The normalized spacial score (nSPS) is 20.9. The van der Waals surface area contributed by atoms with Gasteiger partial charge in [0.25, 0.3) is 11.5 Å². The Kier molecular flexibility index (Phi) is 9.46. The van der Waals surface area contributed by atoms with Gasteiger partial charge in [0.15, 0.2) is 0 Å². The average Bonchev–Trinajstić information content (AvgIpc) is 3.38. The first kappa shape index (κ1) is 30.0. The van der Waals surface area contributed by atoms with Crippen molar-refractivity contribution >= 4 is 11.6 Å². The van der Waals surface area contributed by atoms with Crippen LogP contribution >= 0.6 is 0 Å². The molecule has 8 heteroatoms. The third-order valence-corrected chi connectivity index (χ3v) is 8.70. The van der Waals surface area contributed by atoms with Crippen LogP contribution in [0.1, 0.15) is 70.9 Å². The number of hydrogen-bond donors (Lipinski definition) is 4. The van der Waals surface area contributed by atoms with Crippen molar-refractivity contribution in [3.05, 3.63) is 86.3 Å². The lowest BCUT2D eigenvalue weighted by molar-refractivity contribution is 0.00924. The van der Waals surface area contributed by atoms with Gasteiger partial charge in [-0.25, -0.2) is 0 Å². The molecule has 2 aliphatic heterocycles. The smallest absolute Gasteiger partial charge is 0.253 e. The minimum absolute atomic E-state index is 0.157. The molecule has 0 bridgehead atoms. The van der Waals surface area contributed by atoms with Gasteiger partial charge in [-0.3, -0.25) is 14.5 Å². The summed E-state index contributed by atoms with van der Waals surface area (Å²) in [6.45, 7) is 11.2. The number of H-pyrrole nitrogens is 1. The standard InChI is InChI=1S/C34H44N4O4/c1-5-29-17-27(11-13-42-29)37-32-16-26(25-8-6-24(7-9-25)19-38-12-10-28(39)20-38)15-30(23(32)4)33(40)35-18-31-21(2)14-22(3)36-34(31)41/h6-9,14-16,27-29,37,39H,5,10-13,17-20H2,1-4H3,(H,35,40)(H,36,41)/t27?,28?,29-/m0/s1. The van der Waals surface area contributed by atoms with Gasteiger partial charge in [0.1, 0.15) is 0 Å². The summed E-state index contributed by atoms with van der Waals surface area (Å²) in [4.78, 5) is 31.3. The highest BCUT2D eigenvalue weighted by molar-refractivity contribution is 5.98. The Labute approximate surface area is 248 Å². The number of aliphatic hydroxyl groups excluding tert-OH is 1. The van der Waals surface area contributed by atoms with E-state index in [0.717, 1.165) is 79.0 Å². The molecular formula is C34H44N4O4. The molecule has 0 spiro atoms. The quantitative estimate of drug-likeness (QED) is 0.293. The molecule has 2 saturated heterocycles. The molecule has 5 rings (SSSR count). The number of pyridine rings is 1. The summed E-state index contributed by atoms with van der Waals surface area (Å²) >= 11 is 0. The maximum atomic E-state index is 13.6. The zero-order chi connectivity index (χ0) is 29.8. The molecule has 3 heterocycles. The van der Waals surface area contributed by atoms with E-state index in [1.807, 2.05) is 32.9 Å². The molecule has 2 aromatic carbocycles. The fourth-order valence-corrected chi connectivity index (χ4v) is 6.16. The molecule has 0 radical (unpaired) electrons. The SMILES string of the molecule is CC[C@H]1CC(Nc2cc(-c3ccc(CN4CCC(O)C4)cc3)cc(C(=O)NCc3c(C)cc(C)[nH]c3=O)c2C)CCO1. The van der Waals surface area contributed by atoms with Crippen LogP contribution in [0.4, 0.5) is 5.69 Å². The topological polar surface area (TPSA) is 107 Å². The molecule has 2 fully saturated rings. The summed E-state index contributed by atoms with van der Waals surface area (Å²) in [6.07, 6.45) is 3.65. The summed E-state index contributed by atoms with van der Waals surface area (Å²) < 4.78 is 5.90. The molecule has 0 aliphatic carbocycles. The number of β-amino-alcohol motifs (C(OH)–C–C–N with tert-alkyl or cyclic N) is 1. The average molecular weight is 573 g/mol. The number of nitrogens with one attached hydrogen (secondary N) is 3. The van der Waals surface area contributed by atoms with Crippen molar-refractivity contribution < 1.29 is 14.6 Å². The van der Waals surface area contributed by atoms with Crippen molar-refractivity contribution in [2.45, 2.75) is 84.7 Å². The van der Waals surface area contributed by atoms with Gasteiger partial charge in [0, 0.05) is 61.3 Å². The van der Waals surface area contributed by atoms with Crippen LogP contribution in [0.3, 0.4) is 0 Å². The fraction of sp³-hybridized carbons (Fsp3) is 0.471. The molecule has 8 nitrogen and oxygen atoms in total. The van der Waals surface area contributed by atoms with E-state index in [0.29, 0.717) is 17.7 Å². The van der Waals surface area contributed by atoms with Gasteiger partial charge in [0.2, 0.25) is 0 Å². The number of aryl methyl sites for hydroxylation is 2. The highest BCUT2D eigenvalue weighted by atomic mass is 16.5. The highest BCUT2D eigenvalue weighted by Gasteiger charge is 2.24. The number of likely N-dealkylation sites (tertiary alicyclic amines) is 1. The second kappa shape index (κ2) is 13.2. The summed E-state index contributed by atoms with van der Waals surface area (Å²) in [5.41, 5.74) is 7.65. The third kappa shape index (κ3) is 7.12. The monoisotopic (exact) mass is 572 g/mol. The maximum absolute atomic E-state index is 13.6. The van der Waals surface area contributed by atoms with E-state index in [9.17, 15) is 14.7 Å². The molecular weight excluding hydrogens is 528 g/mol. The molecule has 1 amide bonds. The molecule has 3 aromatic rings. The van der Waals surface area contributed by atoms with Gasteiger partial charge in [-0.05, 0) is 92.5 Å². The number of nitrogens with zero attached hydrogens (tertiary/aromatic N) is 1. The van der Waals surface area contributed by atoms with Crippen LogP contribution in [-0.4, -0.2) is 58.8 Å². The molecule has 2 unspecified atom stereocenters. The second-order valence-corrected chi connectivity index (χ2v) is 12.0. The molecule has 0 saturated carbocycles. The van der Waals surface area contributed by atoms with Crippen LogP contribution in [0, 0.1) is 20.8 Å². The van der Waals surface area contributed by atoms with E-state index < -0.39 is 0 Å². The second-order valence-electron chi connectivity index (χ2n) is 12.0. The van der Waals surface area contributed by atoms with Crippen LogP contribution in [-0.2, 0) is 17.8 Å². The van der Waals surface area contributed by atoms with E-state index >= 15 is 0 Å². The molecule has 3 atom stereocenters. The van der Waals surface area contributed by atoms with E-state index in [2.05, 4.69) is 57.8 Å². The van der Waals surface area contributed by atoms with Gasteiger partial charge in [0.05, 0.1) is 12.2 Å². The summed E-state index contributed by atoms with van der Waals surface area (Å²) in [5.74, 6) is -0.209. The Balaban J connectivity index is 1.41. The summed E-state index contributed by atoms with van der Waals surface area (Å²) in [6, 6.07) is 14.7. The van der Waals surface area contributed by atoms with E-state index in [1.165, 1.54) is 5.56 Å². The predicted molar refractivity (Wildman–Crippen MR) is 167 cm³/mol. The summed E-state index contributed by atoms with van der Waals surface area (Å²) in [7, 11) is 0. The van der Waals surface area contributed by atoms with Crippen molar-refractivity contribution in [3.8, 4) is 11.1 Å². The fourth-order valence-electron chi connectivity index (χ4n) is 6.16. The zero-order valence-electron chi connectivity index (χ0n) is 25.3. The van der Waals surface area contributed by atoms with Crippen molar-refractivity contribution in [2.24, 2.45) is 0 Å². The Morgan fingerprint density at radius 3 is 2.57 bits per heavy atom. The van der Waals surface area contributed by atoms with Crippen molar-refractivity contribution in [2.75, 3.05) is 25.0 Å². The number of ether oxygens (including phenoxy) is 1. The lowest BCUT2D eigenvalue weighted by atomic mass is 9.95. The minimum atomic E-state index is -0.232. The van der Waals surface area contributed by atoms with E-state index in [1.54, 1.807) is 0 Å². The Bertz CT molecular complexity index is 1470. The number of carbonyl (C=O) groups is 1. The Hall–Kier alpha value is -3.46. The number of anilines is 1. The van der Waals surface area contributed by atoms with Crippen molar-refractivity contribution in [1.82, 2.24) is 15.2 Å². The Morgan fingerprint density at radius 1 is 1.10 bits per heavy atom. The first-order valence-corrected chi connectivity index (χ1v) is 15.2. The highest BCUT2D eigenvalue weighted by Crippen LogP contribution is 2.31. The lowest BCUT2D eigenvalue weighted by Crippen LogP contribution is -2.34. The third-order valence-electron chi connectivity index (χ3n) is 8.70. The number of benzene rings is 2. The minimum Gasteiger partial charge on any atom is -0.392 e. The molecule has 1 aromatic heterocycles. The van der Waals surface area contributed by atoms with Crippen LogP contribution in [0.15, 0.2) is 47.3 Å². The number of hydrogen-bond acceptors (Lipinski definition) is 6. The summed E-state index contributed by atoms with van der Waals surface area (Å²) in [5, 5.41) is 16.6. The molecule has 42 heavy (non-hydrogen) atoms. The van der Waals surface area contributed by atoms with Gasteiger partial charge in [-0.1, -0.05) is 31.2 Å². The zero-order valence-corrected chi connectivity index (χ0v) is 25.3. The number of rotatable bonds is 9. The van der Waals surface area contributed by atoms with Crippen LogP contribution in [0.25, 0.3) is 11.1 Å². The lowest BCUT2D eigenvalue weighted by Gasteiger charge is -2.31. The molecule has 2 aliphatic rings. The number of aromatic nitrogens is 1. The number of amides is 1.